The first-order chi connectivity index (χ1) is 16.8. The Hall–Kier alpha value is -3.69. The summed E-state index contributed by atoms with van der Waals surface area (Å²) in [4.78, 5) is 28.7. The van der Waals surface area contributed by atoms with E-state index in [0.717, 1.165) is 10.0 Å². The van der Waals surface area contributed by atoms with Crippen molar-refractivity contribution in [3.63, 3.8) is 0 Å². The van der Waals surface area contributed by atoms with E-state index in [1.165, 1.54) is 12.4 Å². The fourth-order valence-corrected chi connectivity index (χ4v) is 4.15. The number of fused-ring (bicyclic) bond motifs is 1. The lowest BCUT2D eigenvalue weighted by molar-refractivity contribution is -0.111. The first-order valence-corrected chi connectivity index (χ1v) is 11.6. The van der Waals surface area contributed by atoms with Gasteiger partial charge in [-0.1, -0.05) is 46.2 Å². The molecule has 2 amide bonds. The molecule has 0 radical (unpaired) electrons. The molecule has 4 aromatic rings. The number of nitrogens with one attached hydrogen (secondary N) is 3. The highest BCUT2D eigenvalue weighted by molar-refractivity contribution is 9.10. The summed E-state index contributed by atoms with van der Waals surface area (Å²) < 4.78 is 17.9. The number of benzene rings is 3. The van der Waals surface area contributed by atoms with Crippen LogP contribution in [0.15, 0.2) is 72.0 Å². The standard InChI is InChI=1S/C25H20BrClFN5O2/c1-3-21(34)31-16-7-4-14(5-8-16)12-29-25(35)17-11-20-24(30-13-33(20)2)22(28)23(17)32-19-9-6-15(26)10-18(19)27/h3-11,13,32H,1,12H2,2H3,(H,29,35)(H,31,34). The molecule has 0 fully saturated rings. The maximum Gasteiger partial charge on any atom is 0.253 e. The zero-order valence-corrected chi connectivity index (χ0v) is 20.9. The first kappa shape index (κ1) is 24.4. The number of halogens is 3. The number of hydrogen-bond acceptors (Lipinski definition) is 4. The number of aromatic nitrogens is 2. The van der Waals surface area contributed by atoms with Crippen LogP contribution in [-0.2, 0) is 18.4 Å². The number of anilines is 3. The second-order valence-electron chi connectivity index (χ2n) is 7.66. The second kappa shape index (κ2) is 10.3. The highest BCUT2D eigenvalue weighted by atomic mass is 79.9. The van der Waals surface area contributed by atoms with Crippen LogP contribution >= 0.6 is 27.5 Å². The lowest BCUT2D eigenvalue weighted by atomic mass is 10.1. The van der Waals surface area contributed by atoms with Gasteiger partial charge in [-0.15, -0.1) is 0 Å². The quantitative estimate of drug-likeness (QED) is 0.246. The van der Waals surface area contributed by atoms with Gasteiger partial charge in [-0.2, -0.15) is 0 Å². The third-order valence-corrected chi connectivity index (χ3v) is 6.06. The van der Waals surface area contributed by atoms with Gasteiger partial charge in [0, 0.05) is 23.8 Å². The van der Waals surface area contributed by atoms with Gasteiger partial charge in [0.05, 0.1) is 33.8 Å². The zero-order valence-electron chi connectivity index (χ0n) is 18.5. The Morgan fingerprint density at radius 2 is 1.94 bits per heavy atom. The number of nitrogens with zero attached hydrogens (tertiary/aromatic N) is 2. The summed E-state index contributed by atoms with van der Waals surface area (Å²) in [7, 11) is 1.72. The molecular formula is C25H20BrClFN5O2. The van der Waals surface area contributed by atoms with E-state index in [0.29, 0.717) is 21.9 Å². The van der Waals surface area contributed by atoms with Crippen molar-refractivity contribution in [3.05, 3.63) is 94.0 Å². The van der Waals surface area contributed by atoms with Crippen LogP contribution in [0.4, 0.5) is 21.5 Å². The molecule has 7 nitrogen and oxygen atoms in total. The zero-order chi connectivity index (χ0) is 25.1. The van der Waals surface area contributed by atoms with Crippen molar-refractivity contribution in [2.75, 3.05) is 10.6 Å². The highest BCUT2D eigenvalue weighted by Crippen LogP contribution is 2.34. The van der Waals surface area contributed by atoms with E-state index in [1.807, 2.05) is 0 Å². The van der Waals surface area contributed by atoms with Gasteiger partial charge in [-0.25, -0.2) is 9.37 Å². The molecule has 0 atom stereocenters. The van der Waals surface area contributed by atoms with E-state index in [-0.39, 0.29) is 29.2 Å². The van der Waals surface area contributed by atoms with Gasteiger partial charge in [0.1, 0.15) is 5.52 Å². The SMILES string of the molecule is C=CC(=O)Nc1ccc(CNC(=O)c2cc3c(ncn3C)c(F)c2Nc2ccc(Br)cc2Cl)cc1. The molecule has 35 heavy (non-hydrogen) atoms. The van der Waals surface area contributed by atoms with E-state index in [4.69, 9.17) is 11.6 Å². The number of amides is 2. The van der Waals surface area contributed by atoms with Gasteiger partial charge in [0.25, 0.3) is 5.91 Å². The van der Waals surface area contributed by atoms with E-state index in [9.17, 15) is 9.59 Å². The molecule has 0 aliphatic heterocycles. The van der Waals surface area contributed by atoms with Gasteiger partial charge in [-0.3, -0.25) is 9.59 Å². The Kier molecular flexibility index (Phi) is 7.18. The average molecular weight is 557 g/mol. The summed E-state index contributed by atoms with van der Waals surface area (Å²) >= 11 is 9.66. The van der Waals surface area contributed by atoms with Crippen LogP contribution in [0.25, 0.3) is 11.0 Å². The molecule has 0 saturated heterocycles. The van der Waals surface area contributed by atoms with E-state index >= 15 is 4.39 Å². The Bertz CT molecular complexity index is 1450. The maximum absolute atomic E-state index is 15.5. The summed E-state index contributed by atoms with van der Waals surface area (Å²) in [6, 6.07) is 13.7. The molecule has 0 aliphatic rings. The van der Waals surface area contributed by atoms with Crippen LogP contribution in [0.5, 0.6) is 0 Å². The summed E-state index contributed by atoms with van der Waals surface area (Å²) in [5.41, 5.74) is 2.52. The van der Waals surface area contributed by atoms with Crippen LogP contribution in [0.1, 0.15) is 15.9 Å². The molecule has 0 spiro atoms. The second-order valence-corrected chi connectivity index (χ2v) is 8.98. The number of carbonyl (C=O) groups excluding carboxylic acids is 2. The third-order valence-electron chi connectivity index (χ3n) is 5.26. The van der Waals surface area contributed by atoms with Crippen molar-refractivity contribution in [1.29, 1.82) is 0 Å². The summed E-state index contributed by atoms with van der Waals surface area (Å²) in [5, 5.41) is 8.80. The molecule has 4 rings (SSSR count). The molecule has 0 unspecified atom stereocenters. The summed E-state index contributed by atoms with van der Waals surface area (Å²) in [6.45, 7) is 3.61. The van der Waals surface area contributed by atoms with Gasteiger partial charge >= 0.3 is 0 Å². The normalized spacial score (nSPS) is 10.7. The average Bonchev–Trinajstić information content (AvgIpc) is 3.22. The van der Waals surface area contributed by atoms with Crippen LogP contribution < -0.4 is 16.0 Å². The monoisotopic (exact) mass is 555 g/mol. The fourth-order valence-electron chi connectivity index (χ4n) is 3.43. The van der Waals surface area contributed by atoms with Crippen molar-refractivity contribution < 1.29 is 14.0 Å². The Labute approximate surface area is 214 Å². The van der Waals surface area contributed by atoms with Gasteiger partial charge in [-0.05, 0) is 48.0 Å². The van der Waals surface area contributed by atoms with Gasteiger partial charge in [0.15, 0.2) is 5.82 Å². The van der Waals surface area contributed by atoms with E-state index in [2.05, 4.69) is 43.4 Å². The molecule has 1 heterocycles. The van der Waals surface area contributed by atoms with E-state index in [1.54, 1.807) is 60.1 Å². The lowest BCUT2D eigenvalue weighted by Crippen LogP contribution is -2.24. The third kappa shape index (κ3) is 5.36. The van der Waals surface area contributed by atoms with Crippen LogP contribution in [0.3, 0.4) is 0 Å². The van der Waals surface area contributed by atoms with Crippen LogP contribution in [-0.4, -0.2) is 21.4 Å². The fraction of sp³-hybridized carbons (Fsp3) is 0.0800. The molecule has 0 aliphatic carbocycles. The molecule has 3 aromatic carbocycles. The van der Waals surface area contributed by atoms with Crippen molar-refractivity contribution >= 4 is 67.4 Å². The number of hydrogen-bond donors (Lipinski definition) is 3. The Morgan fingerprint density at radius 1 is 1.20 bits per heavy atom. The summed E-state index contributed by atoms with van der Waals surface area (Å²) in [6.07, 6.45) is 2.66. The topological polar surface area (TPSA) is 88.1 Å². The molecule has 0 bridgehead atoms. The molecule has 0 saturated carbocycles. The molecule has 1 aromatic heterocycles. The smallest absolute Gasteiger partial charge is 0.253 e. The number of carbonyl (C=O) groups is 2. The van der Waals surface area contributed by atoms with Crippen molar-refractivity contribution in [2.24, 2.45) is 7.05 Å². The first-order valence-electron chi connectivity index (χ1n) is 10.4. The minimum atomic E-state index is -0.658. The number of rotatable bonds is 7. The molecule has 178 valence electrons. The molecule has 10 heteroatoms. The predicted octanol–water partition coefficient (Wildman–Crippen LogP) is 5.93. The minimum absolute atomic E-state index is 0.0274. The summed E-state index contributed by atoms with van der Waals surface area (Å²) in [5.74, 6) is -1.45. The van der Waals surface area contributed by atoms with Crippen molar-refractivity contribution in [3.8, 4) is 0 Å². The lowest BCUT2D eigenvalue weighted by Gasteiger charge is -2.15. The molecule has 3 N–H and O–H groups in total. The number of aryl methyl sites for hydroxylation is 1. The largest absolute Gasteiger partial charge is 0.351 e. The Balaban J connectivity index is 1.62. The highest BCUT2D eigenvalue weighted by Gasteiger charge is 2.22. The van der Waals surface area contributed by atoms with Crippen molar-refractivity contribution in [1.82, 2.24) is 14.9 Å². The van der Waals surface area contributed by atoms with Gasteiger partial charge < -0.3 is 20.5 Å². The van der Waals surface area contributed by atoms with Crippen LogP contribution in [0.2, 0.25) is 5.02 Å². The van der Waals surface area contributed by atoms with Crippen LogP contribution in [0, 0.1) is 5.82 Å². The maximum atomic E-state index is 15.5. The molecular weight excluding hydrogens is 537 g/mol. The number of imidazole rings is 1. The predicted molar refractivity (Wildman–Crippen MR) is 140 cm³/mol. The van der Waals surface area contributed by atoms with E-state index < -0.39 is 11.7 Å². The van der Waals surface area contributed by atoms with Crippen molar-refractivity contribution in [2.45, 2.75) is 6.54 Å². The van der Waals surface area contributed by atoms with Gasteiger partial charge in [0.2, 0.25) is 5.91 Å². The Morgan fingerprint density at radius 3 is 2.63 bits per heavy atom. The minimum Gasteiger partial charge on any atom is -0.351 e.